The van der Waals surface area contributed by atoms with Crippen molar-refractivity contribution in [1.82, 2.24) is 9.97 Å². The maximum absolute atomic E-state index is 5.47. The van der Waals surface area contributed by atoms with Gasteiger partial charge in [-0.25, -0.2) is 4.98 Å². The topological polar surface area (TPSA) is 59.5 Å². The largest absolute Gasteiger partial charge is 0.497 e. The van der Waals surface area contributed by atoms with Crippen LogP contribution in [0, 0.1) is 0 Å². The molecule has 1 saturated heterocycles. The van der Waals surface area contributed by atoms with Gasteiger partial charge in [-0.05, 0) is 37.1 Å². The second kappa shape index (κ2) is 7.07. The Morgan fingerprint density at radius 3 is 2.54 bits per heavy atom. The number of nitrogens with zero attached hydrogens (tertiary/aromatic N) is 3. The molecular formula is C20H22N4O2. The van der Waals surface area contributed by atoms with Crippen LogP contribution in [0.3, 0.4) is 0 Å². The third-order valence-corrected chi connectivity index (χ3v) is 4.64. The predicted octanol–water partition coefficient (Wildman–Crippen LogP) is 3.99. The molecule has 26 heavy (non-hydrogen) atoms. The smallest absolute Gasteiger partial charge is 0.229 e. The van der Waals surface area contributed by atoms with Crippen molar-refractivity contribution in [1.29, 1.82) is 0 Å². The molecule has 6 nitrogen and oxygen atoms in total. The highest BCUT2D eigenvalue weighted by atomic mass is 16.5. The molecular weight excluding hydrogens is 328 g/mol. The van der Waals surface area contributed by atoms with E-state index in [-0.39, 0.29) is 0 Å². The van der Waals surface area contributed by atoms with Gasteiger partial charge in [0.25, 0.3) is 0 Å². The van der Waals surface area contributed by atoms with Gasteiger partial charge in [-0.1, -0.05) is 12.1 Å². The number of ether oxygens (including phenoxy) is 2. The van der Waals surface area contributed by atoms with Crippen LogP contribution in [-0.4, -0.2) is 37.3 Å². The van der Waals surface area contributed by atoms with E-state index in [1.807, 2.05) is 36.4 Å². The van der Waals surface area contributed by atoms with E-state index in [1.165, 1.54) is 12.8 Å². The lowest BCUT2D eigenvalue weighted by Crippen LogP contribution is -2.20. The lowest BCUT2D eigenvalue weighted by atomic mass is 10.2. The number of methoxy groups -OCH3 is 2. The summed E-state index contributed by atoms with van der Waals surface area (Å²) in [6.07, 6.45) is 2.40. The highest BCUT2D eigenvalue weighted by Crippen LogP contribution is 2.33. The van der Waals surface area contributed by atoms with Gasteiger partial charge in [0.2, 0.25) is 5.95 Å². The number of fused-ring (bicyclic) bond motifs is 1. The molecule has 1 N–H and O–H groups in total. The van der Waals surface area contributed by atoms with Gasteiger partial charge in [-0.15, -0.1) is 0 Å². The van der Waals surface area contributed by atoms with Gasteiger partial charge in [0.1, 0.15) is 17.3 Å². The van der Waals surface area contributed by atoms with Gasteiger partial charge in [0, 0.05) is 24.5 Å². The first kappa shape index (κ1) is 16.4. The van der Waals surface area contributed by atoms with Crippen molar-refractivity contribution in [2.45, 2.75) is 12.8 Å². The van der Waals surface area contributed by atoms with Crippen LogP contribution in [-0.2, 0) is 0 Å². The van der Waals surface area contributed by atoms with E-state index in [1.54, 1.807) is 14.2 Å². The molecule has 0 radical (unpaired) electrons. The van der Waals surface area contributed by atoms with Crippen LogP contribution in [0.15, 0.2) is 42.5 Å². The fourth-order valence-electron chi connectivity index (χ4n) is 3.31. The lowest BCUT2D eigenvalue weighted by molar-refractivity contribution is 0.395. The van der Waals surface area contributed by atoms with Crippen molar-refractivity contribution in [2.75, 3.05) is 37.5 Å². The molecule has 4 rings (SSSR count). The Kier molecular flexibility index (Phi) is 4.48. The molecule has 1 fully saturated rings. The standard InChI is InChI=1S/C20H22N4O2/c1-25-14-9-10-17(18(13-14)26-2)22-20-21-16-8-4-3-7-15(16)19(23-20)24-11-5-6-12-24/h3-4,7-10,13H,5-6,11-12H2,1-2H3,(H,21,22,23). The summed E-state index contributed by atoms with van der Waals surface area (Å²) in [5, 5.41) is 4.39. The SMILES string of the molecule is COc1ccc(Nc2nc(N3CCCC3)c3ccccc3n2)c(OC)c1. The Balaban J connectivity index is 1.75. The van der Waals surface area contributed by atoms with Gasteiger partial charge in [0.15, 0.2) is 0 Å². The molecule has 0 saturated carbocycles. The Labute approximate surface area is 152 Å². The number of nitrogens with one attached hydrogen (secondary N) is 1. The fourth-order valence-corrected chi connectivity index (χ4v) is 3.31. The highest BCUT2D eigenvalue weighted by molar-refractivity contribution is 5.91. The summed E-state index contributed by atoms with van der Waals surface area (Å²) < 4.78 is 10.7. The minimum Gasteiger partial charge on any atom is -0.497 e. The first-order valence-corrected chi connectivity index (χ1v) is 8.79. The molecule has 6 heteroatoms. The van der Waals surface area contributed by atoms with Crippen molar-refractivity contribution in [2.24, 2.45) is 0 Å². The first-order chi connectivity index (χ1) is 12.8. The molecule has 1 aromatic heterocycles. The molecule has 3 aromatic rings. The van der Waals surface area contributed by atoms with E-state index < -0.39 is 0 Å². The lowest BCUT2D eigenvalue weighted by Gasteiger charge is -2.20. The molecule has 2 aromatic carbocycles. The zero-order chi connectivity index (χ0) is 17.9. The number of hydrogen-bond donors (Lipinski definition) is 1. The minimum absolute atomic E-state index is 0.564. The van der Waals surface area contributed by atoms with E-state index in [2.05, 4.69) is 21.3 Å². The van der Waals surface area contributed by atoms with Crippen molar-refractivity contribution >= 4 is 28.4 Å². The van der Waals surface area contributed by atoms with Crippen molar-refractivity contribution in [3.8, 4) is 11.5 Å². The van der Waals surface area contributed by atoms with Crippen LogP contribution >= 0.6 is 0 Å². The summed E-state index contributed by atoms with van der Waals surface area (Å²) in [4.78, 5) is 11.8. The van der Waals surface area contributed by atoms with Crippen LogP contribution in [0.25, 0.3) is 10.9 Å². The van der Waals surface area contributed by atoms with Crippen LogP contribution in [0.5, 0.6) is 11.5 Å². The second-order valence-electron chi connectivity index (χ2n) is 6.27. The van der Waals surface area contributed by atoms with Gasteiger partial charge in [-0.3, -0.25) is 0 Å². The van der Waals surface area contributed by atoms with Crippen LogP contribution in [0.2, 0.25) is 0 Å². The molecule has 2 heterocycles. The third-order valence-electron chi connectivity index (χ3n) is 4.64. The van der Waals surface area contributed by atoms with Crippen LogP contribution < -0.4 is 19.7 Å². The Hall–Kier alpha value is -3.02. The Morgan fingerprint density at radius 2 is 1.77 bits per heavy atom. The second-order valence-corrected chi connectivity index (χ2v) is 6.27. The van der Waals surface area contributed by atoms with Gasteiger partial charge in [0.05, 0.1) is 25.4 Å². The molecule has 0 bridgehead atoms. The summed E-state index contributed by atoms with van der Waals surface area (Å²) in [5.41, 5.74) is 1.73. The zero-order valence-corrected chi connectivity index (χ0v) is 15.0. The summed E-state index contributed by atoms with van der Waals surface area (Å²) in [6, 6.07) is 13.8. The van der Waals surface area contributed by atoms with E-state index in [4.69, 9.17) is 14.5 Å². The molecule has 134 valence electrons. The molecule has 1 aliphatic rings. The van der Waals surface area contributed by atoms with Crippen LogP contribution in [0.1, 0.15) is 12.8 Å². The first-order valence-electron chi connectivity index (χ1n) is 8.79. The minimum atomic E-state index is 0.564. The number of anilines is 3. The Morgan fingerprint density at radius 1 is 0.962 bits per heavy atom. The van der Waals surface area contributed by atoms with Crippen LogP contribution in [0.4, 0.5) is 17.5 Å². The molecule has 1 aliphatic heterocycles. The van der Waals surface area contributed by atoms with Crippen molar-refractivity contribution in [3.05, 3.63) is 42.5 Å². The van der Waals surface area contributed by atoms with Crippen molar-refractivity contribution < 1.29 is 9.47 Å². The van der Waals surface area contributed by atoms with E-state index in [0.717, 1.165) is 41.2 Å². The summed E-state index contributed by atoms with van der Waals surface area (Å²) in [6.45, 7) is 2.07. The zero-order valence-electron chi connectivity index (χ0n) is 15.0. The summed E-state index contributed by atoms with van der Waals surface area (Å²) in [5.74, 6) is 2.98. The van der Waals surface area contributed by atoms with Gasteiger partial charge >= 0.3 is 0 Å². The number of benzene rings is 2. The molecule has 0 amide bonds. The molecule has 0 aliphatic carbocycles. The average molecular weight is 350 g/mol. The fraction of sp³-hybridized carbons (Fsp3) is 0.300. The monoisotopic (exact) mass is 350 g/mol. The van der Waals surface area contributed by atoms with Gasteiger partial charge in [-0.2, -0.15) is 4.98 Å². The van der Waals surface area contributed by atoms with Crippen molar-refractivity contribution in [3.63, 3.8) is 0 Å². The predicted molar refractivity (Wildman–Crippen MR) is 104 cm³/mol. The van der Waals surface area contributed by atoms with E-state index in [9.17, 15) is 0 Å². The summed E-state index contributed by atoms with van der Waals surface area (Å²) >= 11 is 0. The Bertz CT molecular complexity index is 923. The average Bonchev–Trinajstić information content (AvgIpc) is 3.22. The third kappa shape index (κ3) is 3.10. The maximum Gasteiger partial charge on any atom is 0.229 e. The normalized spacial score (nSPS) is 13.8. The summed E-state index contributed by atoms with van der Waals surface area (Å²) in [7, 11) is 3.27. The number of para-hydroxylation sites is 1. The maximum atomic E-state index is 5.47. The molecule has 0 spiro atoms. The molecule has 0 unspecified atom stereocenters. The number of hydrogen-bond acceptors (Lipinski definition) is 6. The highest BCUT2D eigenvalue weighted by Gasteiger charge is 2.18. The van der Waals surface area contributed by atoms with E-state index in [0.29, 0.717) is 11.7 Å². The quantitative estimate of drug-likeness (QED) is 0.751. The van der Waals surface area contributed by atoms with E-state index >= 15 is 0 Å². The molecule has 0 atom stereocenters. The number of aromatic nitrogens is 2. The number of rotatable bonds is 5. The van der Waals surface area contributed by atoms with Gasteiger partial charge < -0.3 is 19.7 Å².